The summed E-state index contributed by atoms with van der Waals surface area (Å²) >= 11 is 0. The molecule has 1 aromatic heterocycles. The lowest BCUT2D eigenvalue weighted by molar-refractivity contribution is 0.470. The van der Waals surface area contributed by atoms with Gasteiger partial charge in [-0.2, -0.15) is 5.26 Å². The van der Waals surface area contributed by atoms with Crippen LogP contribution < -0.4 is 5.32 Å². The monoisotopic (exact) mass is 230 g/mol. The molecule has 0 bridgehead atoms. The van der Waals surface area contributed by atoms with Crippen molar-refractivity contribution in [1.29, 1.82) is 5.26 Å². The van der Waals surface area contributed by atoms with Crippen molar-refractivity contribution in [2.75, 3.05) is 5.32 Å². The fourth-order valence-electron chi connectivity index (χ4n) is 2.32. The van der Waals surface area contributed by atoms with Crippen LogP contribution >= 0.6 is 0 Å². The van der Waals surface area contributed by atoms with E-state index in [4.69, 9.17) is 5.26 Å². The Morgan fingerprint density at radius 3 is 2.59 bits per heavy atom. The van der Waals surface area contributed by atoms with Crippen LogP contribution in [0.1, 0.15) is 50.5 Å². The summed E-state index contributed by atoms with van der Waals surface area (Å²) in [5.41, 5.74) is 0.537. The Morgan fingerprint density at radius 1 is 1.18 bits per heavy atom. The lowest BCUT2D eigenvalue weighted by Gasteiger charge is -2.21. The Hall–Kier alpha value is -1.63. The SMILES string of the molecule is N#Cc1cncnc1NC1CCCCCCC1. The molecule has 90 valence electrons. The quantitative estimate of drug-likeness (QED) is 0.848. The molecule has 1 saturated carbocycles. The second-order valence-corrected chi connectivity index (χ2v) is 4.58. The largest absolute Gasteiger partial charge is 0.366 e. The molecule has 0 amide bonds. The van der Waals surface area contributed by atoms with Gasteiger partial charge < -0.3 is 5.32 Å². The molecular weight excluding hydrogens is 212 g/mol. The molecule has 1 aliphatic rings. The standard InChI is InChI=1S/C13H18N4/c14-8-11-9-15-10-16-13(11)17-12-6-4-2-1-3-5-7-12/h9-10,12H,1-7H2,(H,15,16,17). The third kappa shape index (κ3) is 3.42. The van der Waals surface area contributed by atoms with Gasteiger partial charge in [-0.05, 0) is 12.8 Å². The van der Waals surface area contributed by atoms with E-state index in [1.165, 1.54) is 51.3 Å². The highest BCUT2D eigenvalue weighted by Crippen LogP contribution is 2.20. The minimum Gasteiger partial charge on any atom is -0.366 e. The smallest absolute Gasteiger partial charge is 0.147 e. The van der Waals surface area contributed by atoms with E-state index < -0.39 is 0 Å². The molecule has 1 aliphatic carbocycles. The molecular formula is C13H18N4. The van der Waals surface area contributed by atoms with Crippen molar-refractivity contribution in [3.63, 3.8) is 0 Å². The summed E-state index contributed by atoms with van der Waals surface area (Å²) in [5.74, 6) is 0.688. The van der Waals surface area contributed by atoms with Crippen LogP contribution in [0.15, 0.2) is 12.5 Å². The zero-order valence-electron chi connectivity index (χ0n) is 10.0. The topological polar surface area (TPSA) is 61.6 Å². The predicted molar refractivity (Wildman–Crippen MR) is 66.5 cm³/mol. The van der Waals surface area contributed by atoms with E-state index in [1.54, 1.807) is 6.20 Å². The molecule has 4 nitrogen and oxygen atoms in total. The van der Waals surface area contributed by atoms with Crippen LogP contribution in [0.5, 0.6) is 0 Å². The molecule has 0 saturated heterocycles. The Labute approximate surface area is 102 Å². The average molecular weight is 230 g/mol. The van der Waals surface area contributed by atoms with Gasteiger partial charge in [-0.15, -0.1) is 0 Å². The van der Waals surface area contributed by atoms with Gasteiger partial charge >= 0.3 is 0 Å². The number of nitriles is 1. The minimum absolute atomic E-state index is 0.456. The van der Waals surface area contributed by atoms with Crippen LogP contribution in [0.3, 0.4) is 0 Å². The predicted octanol–water partition coefficient (Wildman–Crippen LogP) is 2.87. The summed E-state index contributed by atoms with van der Waals surface area (Å²) in [6.07, 6.45) is 12.0. The van der Waals surface area contributed by atoms with E-state index in [2.05, 4.69) is 21.4 Å². The van der Waals surface area contributed by atoms with Crippen LogP contribution in [0.4, 0.5) is 5.82 Å². The Kier molecular flexibility index (Phi) is 4.31. The number of hydrogen-bond donors (Lipinski definition) is 1. The second-order valence-electron chi connectivity index (χ2n) is 4.58. The van der Waals surface area contributed by atoms with E-state index >= 15 is 0 Å². The van der Waals surface area contributed by atoms with E-state index in [-0.39, 0.29) is 0 Å². The van der Waals surface area contributed by atoms with Crippen molar-refractivity contribution in [2.24, 2.45) is 0 Å². The number of rotatable bonds is 2. The first-order chi connectivity index (χ1) is 8.40. The number of nitrogens with zero attached hydrogens (tertiary/aromatic N) is 3. The summed E-state index contributed by atoms with van der Waals surface area (Å²) in [7, 11) is 0. The molecule has 17 heavy (non-hydrogen) atoms. The van der Waals surface area contributed by atoms with Crippen LogP contribution in [-0.2, 0) is 0 Å². The van der Waals surface area contributed by atoms with E-state index in [1.807, 2.05) is 0 Å². The van der Waals surface area contributed by atoms with Crippen molar-refractivity contribution < 1.29 is 0 Å². The van der Waals surface area contributed by atoms with Gasteiger partial charge in [-0.1, -0.05) is 32.1 Å². The summed E-state index contributed by atoms with van der Waals surface area (Å²) in [6.45, 7) is 0. The lowest BCUT2D eigenvalue weighted by atomic mass is 9.96. The molecule has 0 spiro atoms. The molecule has 0 atom stereocenters. The normalized spacial score (nSPS) is 17.8. The summed E-state index contributed by atoms with van der Waals surface area (Å²) < 4.78 is 0. The first-order valence-corrected chi connectivity index (χ1v) is 6.37. The zero-order valence-corrected chi connectivity index (χ0v) is 10.0. The molecule has 1 heterocycles. The molecule has 2 rings (SSSR count). The average Bonchev–Trinajstić information content (AvgIpc) is 2.33. The van der Waals surface area contributed by atoms with Gasteiger partial charge in [0.1, 0.15) is 23.8 Å². The highest BCUT2D eigenvalue weighted by atomic mass is 15.0. The number of hydrogen-bond acceptors (Lipinski definition) is 4. The molecule has 1 N–H and O–H groups in total. The lowest BCUT2D eigenvalue weighted by Crippen LogP contribution is -2.21. The summed E-state index contributed by atoms with van der Waals surface area (Å²) in [4.78, 5) is 8.02. The van der Waals surface area contributed by atoms with Gasteiger partial charge in [0.25, 0.3) is 0 Å². The van der Waals surface area contributed by atoms with Gasteiger partial charge in [0.2, 0.25) is 0 Å². The van der Waals surface area contributed by atoms with E-state index in [9.17, 15) is 0 Å². The molecule has 0 aliphatic heterocycles. The fraction of sp³-hybridized carbons (Fsp3) is 0.615. The Morgan fingerprint density at radius 2 is 1.88 bits per heavy atom. The Bertz CT molecular complexity index is 389. The molecule has 1 aromatic rings. The van der Waals surface area contributed by atoms with Gasteiger partial charge in [-0.25, -0.2) is 9.97 Å². The number of nitrogens with one attached hydrogen (secondary N) is 1. The Balaban J connectivity index is 2.01. The molecule has 0 aromatic carbocycles. The van der Waals surface area contributed by atoms with Crippen molar-refractivity contribution >= 4 is 5.82 Å². The second kappa shape index (κ2) is 6.19. The van der Waals surface area contributed by atoms with Gasteiger partial charge in [-0.3, -0.25) is 0 Å². The maximum atomic E-state index is 8.98. The number of anilines is 1. The van der Waals surface area contributed by atoms with Crippen LogP contribution in [0.2, 0.25) is 0 Å². The fourth-order valence-corrected chi connectivity index (χ4v) is 2.32. The van der Waals surface area contributed by atoms with Crippen molar-refractivity contribution in [2.45, 2.75) is 51.0 Å². The van der Waals surface area contributed by atoms with Gasteiger partial charge in [0.05, 0.1) is 6.20 Å². The minimum atomic E-state index is 0.456. The molecule has 1 fully saturated rings. The third-order valence-corrected chi connectivity index (χ3v) is 3.28. The van der Waals surface area contributed by atoms with Gasteiger partial charge in [0.15, 0.2) is 0 Å². The van der Waals surface area contributed by atoms with E-state index in [0.717, 1.165) is 0 Å². The highest BCUT2D eigenvalue weighted by molar-refractivity contribution is 5.50. The van der Waals surface area contributed by atoms with Crippen LogP contribution in [0, 0.1) is 11.3 Å². The first-order valence-electron chi connectivity index (χ1n) is 6.37. The molecule has 0 unspecified atom stereocenters. The van der Waals surface area contributed by atoms with Crippen molar-refractivity contribution in [3.05, 3.63) is 18.1 Å². The maximum absolute atomic E-state index is 8.98. The molecule has 0 radical (unpaired) electrons. The number of aromatic nitrogens is 2. The van der Waals surface area contributed by atoms with Crippen molar-refractivity contribution in [1.82, 2.24) is 9.97 Å². The van der Waals surface area contributed by atoms with Crippen LogP contribution in [0.25, 0.3) is 0 Å². The maximum Gasteiger partial charge on any atom is 0.147 e. The zero-order chi connectivity index (χ0) is 11.9. The van der Waals surface area contributed by atoms with Crippen molar-refractivity contribution in [3.8, 4) is 6.07 Å². The first kappa shape index (κ1) is 11.8. The molecule has 4 heteroatoms. The summed E-state index contributed by atoms with van der Waals surface area (Å²) in [5, 5.41) is 12.4. The highest BCUT2D eigenvalue weighted by Gasteiger charge is 2.13. The van der Waals surface area contributed by atoms with E-state index in [0.29, 0.717) is 17.4 Å². The third-order valence-electron chi connectivity index (χ3n) is 3.28. The summed E-state index contributed by atoms with van der Waals surface area (Å²) in [6, 6.07) is 2.58. The van der Waals surface area contributed by atoms with Crippen LogP contribution in [-0.4, -0.2) is 16.0 Å². The van der Waals surface area contributed by atoms with Gasteiger partial charge in [0, 0.05) is 6.04 Å².